The van der Waals surface area contributed by atoms with Crippen LogP contribution in [0.25, 0.3) is 0 Å². The average molecular weight is 327 g/mol. The van der Waals surface area contributed by atoms with Gasteiger partial charge in [-0.15, -0.1) is 0 Å². The van der Waals surface area contributed by atoms with Crippen molar-refractivity contribution in [2.24, 2.45) is 5.92 Å². The van der Waals surface area contributed by atoms with Crippen LogP contribution in [0.5, 0.6) is 0 Å². The lowest BCUT2D eigenvalue weighted by molar-refractivity contribution is -0.120. The smallest absolute Gasteiger partial charge is 0.407 e. The van der Waals surface area contributed by atoms with Crippen LogP contribution >= 0.6 is 0 Å². The summed E-state index contributed by atoms with van der Waals surface area (Å²) in [5, 5.41) is 9.16. The van der Waals surface area contributed by atoms with E-state index >= 15 is 0 Å². The van der Waals surface area contributed by atoms with Crippen molar-refractivity contribution in [3.05, 3.63) is 0 Å². The summed E-state index contributed by atoms with van der Waals surface area (Å²) < 4.78 is 5.28. The third kappa shape index (κ3) is 8.79. The number of hydrogen-bond acceptors (Lipinski definition) is 4. The summed E-state index contributed by atoms with van der Waals surface area (Å²) in [6.45, 7) is 9.47. The number of hydrogen-bond donors (Lipinski definition) is 3. The third-order valence-electron chi connectivity index (χ3n) is 3.95. The molecule has 23 heavy (non-hydrogen) atoms. The molecule has 0 aromatic carbocycles. The largest absolute Gasteiger partial charge is 0.444 e. The molecule has 0 bridgehead atoms. The quantitative estimate of drug-likeness (QED) is 0.670. The lowest BCUT2D eigenvalue weighted by Gasteiger charge is -2.32. The van der Waals surface area contributed by atoms with Crippen molar-refractivity contribution < 1.29 is 14.3 Å². The summed E-state index contributed by atoms with van der Waals surface area (Å²) in [7, 11) is 0. The maximum Gasteiger partial charge on any atom is 0.407 e. The zero-order valence-corrected chi connectivity index (χ0v) is 15.0. The predicted octanol–water partition coefficient (Wildman–Crippen LogP) is 2.19. The van der Waals surface area contributed by atoms with Crippen molar-refractivity contribution in [2.45, 2.75) is 71.4 Å². The highest BCUT2D eigenvalue weighted by Gasteiger charge is 2.26. The molecule has 2 atom stereocenters. The van der Waals surface area contributed by atoms with Gasteiger partial charge in [0.05, 0.1) is 0 Å². The molecule has 0 radical (unpaired) electrons. The van der Waals surface area contributed by atoms with Gasteiger partial charge in [0.2, 0.25) is 5.91 Å². The minimum atomic E-state index is -0.471. The van der Waals surface area contributed by atoms with Crippen molar-refractivity contribution in [1.82, 2.24) is 16.0 Å². The lowest BCUT2D eigenvalue weighted by atomic mass is 9.84. The second kappa shape index (κ2) is 9.75. The first-order valence-corrected chi connectivity index (χ1v) is 8.78. The fourth-order valence-electron chi connectivity index (χ4n) is 2.91. The fraction of sp³-hybridized carbons (Fsp3) is 0.882. The Morgan fingerprint density at radius 2 is 1.83 bits per heavy atom. The first-order chi connectivity index (χ1) is 10.8. The van der Waals surface area contributed by atoms with Crippen LogP contribution in [0.4, 0.5) is 4.79 Å². The van der Waals surface area contributed by atoms with E-state index in [0.29, 0.717) is 38.0 Å². The zero-order chi connectivity index (χ0) is 17.3. The average Bonchev–Trinajstić information content (AvgIpc) is 2.45. The maximum atomic E-state index is 11.8. The topological polar surface area (TPSA) is 79.5 Å². The molecule has 1 aliphatic rings. The molecule has 0 aliphatic heterocycles. The monoisotopic (exact) mass is 327 g/mol. The summed E-state index contributed by atoms with van der Waals surface area (Å²) >= 11 is 0. The third-order valence-corrected chi connectivity index (χ3v) is 3.95. The second-order valence-electron chi connectivity index (χ2n) is 7.19. The number of amides is 2. The van der Waals surface area contributed by atoms with Gasteiger partial charge >= 0.3 is 6.09 Å². The maximum absolute atomic E-state index is 11.8. The van der Waals surface area contributed by atoms with Gasteiger partial charge in [-0.2, -0.15) is 0 Å². The molecular formula is C17H33N3O3. The normalized spacial score (nSPS) is 21.6. The molecule has 6 nitrogen and oxygen atoms in total. The molecular weight excluding hydrogens is 294 g/mol. The Kier molecular flexibility index (Phi) is 8.37. The van der Waals surface area contributed by atoms with E-state index in [9.17, 15) is 9.59 Å². The van der Waals surface area contributed by atoms with Crippen molar-refractivity contribution >= 4 is 12.0 Å². The molecule has 134 valence electrons. The summed E-state index contributed by atoms with van der Waals surface area (Å²) in [6, 6.07) is 0.355. The van der Waals surface area contributed by atoms with Gasteiger partial charge in [0, 0.05) is 32.1 Å². The highest BCUT2D eigenvalue weighted by Crippen LogP contribution is 2.24. The molecule has 1 fully saturated rings. The van der Waals surface area contributed by atoms with E-state index in [4.69, 9.17) is 4.74 Å². The van der Waals surface area contributed by atoms with Crippen molar-refractivity contribution in [1.29, 1.82) is 0 Å². The Morgan fingerprint density at radius 3 is 2.48 bits per heavy atom. The van der Waals surface area contributed by atoms with E-state index in [1.165, 1.54) is 12.8 Å². The molecule has 0 spiro atoms. The van der Waals surface area contributed by atoms with Gasteiger partial charge in [-0.3, -0.25) is 4.79 Å². The van der Waals surface area contributed by atoms with Gasteiger partial charge in [-0.1, -0.05) is 12.8 Å². The van der Waals surface area contributed by atoms with Crippen LogP contribution in [0.1, 0.15) is 59.8 Å². The van der Waals surface area contributed by atoms with Crippen LogP contribution in [0.3, 0.4) is 0 Å². The van der Waals surface area contributed by atoms with E-state index in [2.05, 4.69) is 16.0 Å². The molecule has 1 rings (SSSR count). The van der Waals surface area contributed by atoms with Crippen LogP contribution in [0.15, 0.2) is 0 Å². The SMILES string of the molecule is CCNC(=O)CCNC1CCCCC1CNC(=O)OC(C)(C)C. The minimum Gasteiger partial charge on any atom is -0.444 e. The Bertz CT molecular complexity index is 380. The summed E-state index contributed by atoms with van der Waals surface area (Å²) in [5.74, 6) is 0.477. The number of nitrogens with one attached hydrogen (secondary N) is 3. The number of rotatable bonds is 7. The number of alkyl carbamates (subject to hydrolysis) is 1. The van der Waals surface area contributed by atoms with E-state index in [1.54, 1.807) is 0 Å². The van der Waals surface area contributed by atoms with Crippen LogP contribution in [0.2, 0.25) is 0 Å². The summed E-state index contributed by atoms with van der Waals surface area (Å²) in [4.78, 5) is 23.3. The molecule has 1 saturated carbocycles. The van der Waals surface area contributed by atoms with E-state index in [1.807, 2.05) is 27.7 Å². The molecule has 0 saturated heterocycles. The zero-order valence-electron chi connectivity index (χ0n) is 15.0. The predicted molar refractivity (Wildman–Crippen MR) is 91.3 cm³/mol. The molecule has 0 aromatic rings. The van der Waals surface area contributed by atoms with Gasteiger partial charge in [0.1, 0.15) is 5.60 Å². The van der Waals surface area contributed by atoms with E-state index in [0.717, 1.165) is 12.8 Å². The molecule has 2 amide bonds. The second-order valence-corrected chi connectivity index (χ2v) is 7.19. The molecule has 0 aromatic heterocycles. The lowest BCUT2D eigenvalue weighted by Crippen LogP contribution is -2.45. The van der Waals surface area contributed by atoms with E-state index < -0.39 is 5.60 Å². The van der Waals surface area contributed by atoms with Gasteiger partial charge in [-0.05, 0) is 46.5 Å². The Hall–Kier alpha value is -1.30. The van der Waals surface area contributed by atoms with Crippen molar-refractivity contribution in [3.63, 3.8) is 0 Å². The molecule has 3 N–H and O–H groups in total. The minimum absolute atomic E-state index is 0.0826. The van der Waals surface area contributed by atoms with Gasteiger partial charge in [0.15, 0.2) is 0 Å². The Balaban J connectivity index is 2.33. The van der Waals surface area contributed by atoms with Gasteiger partial charge in [0.25, 0.3) is 0 Å². The fourth-order valence-corrected chi connectivity index (χ4v) is 2.91. The summed E-state index contributed by atoms with van der Waals surface area (Å²) in [5.41, 5.74) is -0.471. The van der Waals surface area contributed by atoms with Crippen molar-refractivity contribution in [3.8, 4) is 0 Å². The van der Waals surface area contributed by atoms with Crippen LogP contribution in [-0.4, -0.2) is 43.3 Å². The molecule has 6 heteroatoms. The Morgan fingerprint density at radius 1 is 1.13 bits per heavy atom. The Labute approximate surface area is 140 Å². The van der Waals surface area contributed by atoms with Crippen molar-refractivity contribution in [2.75, 3.05) is 19.6 Å². The standard InChI is InChI=1S/C17H33N3O3/c1-5-18-15(21)10-11-19-14-9-7-6-8-13(14)12-20-16(22)23-17(2,3)4/h13-14,19H,5-12H2,1-4H3,(H,18,21)(H,20,22). The first-order valence-electron chi connectivity index (χ1n) is 8.78. The first kappa shape index (κ1) is 19.7. The highest BCUT2D eigenvalue weighted by molar-refractivity contribution is 5.75. The van der Waals surface area contributed by atoms with Gasteiger partial charge < -0.3 is 20.7 Å². The summed E-state index contributed by atoms with van der Waals surface area (Å²) in [6.07, 6.45) is 4.71. The van der Waals surface area contributed by atoms with Crippen LogP contribution in [-0.2, 0) is 9.53 Å². The number of ether oxygens (including phenoxy) is 1. The highest BCUT2D eigenvalue weighted by atomic mass is 16.6. The molecule has 0 heterocycles. The number of carbonyl (C=O) groups excluding carboxylic acids is 2. The van der Waals surface area contributed by atoms with E-state index in [-0.39, 0.29) is 12.0 Å². The number of carbonyl (C=O) groups is 2. The van der Waals surface area contributed by atoms with Gasteiger partial charge in [-0.25, -0.2) is 4.79 Å². The molecule has 1 aliphatic carbocycles. The molecule has 2 unspecified atom stereocenters. The van der Waals surface area contributed by atoms with Crippen LogP contribution in [0, 0.1) is 5.92 Å². The van der Waals surface area contributed by atoms with Crippen LogP contribution < -0.4 is 16.0 Å².